The smallest absolute Gasteiger partial charge is 0.109 e. The SMILES string of the molecule is N#CC1(I)CCC(O)CC1. The summed E-state index contributed by atoms with van der Waals surface area (Å²) in [5.41, 5.74) is 0. The summed E-state index contributed by atoms with van der Waals surface area (Å²) in [4.78, 5) is 0. The number of aliphatic hydroxyl groups is 1. The Bertz CT molecular complexity index is 155. The fraction of sp³-hybridized carbons (Fsp3) is 0.857. The molecule has 0 radical (unpaired) electrons. The molecule has 2 nitrogen and oxygen atoms in total. The van der Waals surface area contributed by atoms with Gasteiger partial charge in [-0.25, -0.2) is 0 Å². The zero-order valence-electron chi connectivity index (χ0n) is 5.68. The molecular formula is C7H10INO. The van der Waals surface area contributed by atoms with Gasteiger partial charge in [0.25, 0.3) is 0 Å². The average molecular weight is 251 g/mol. The van der Waals surface area contributed by atoms with Crippen molar-refractivity contribution in [3.05, 3.63) is 0 Å². The summed E-state index contributed by atoms with van der Waals surface area (Å²) >= 11 is 2.19. The highest BCUT2D eigenvalue weighted by Gasteiger charge is 2.31. The third-order valence-electron chi connectivity index (χ3n) is 1.95. The van der Waals surface area contributed by atoms with Crippen molar-refractivity contribution in [2.24, 2.45) is 0 Å². The van der Waals surface area contributed by atoms with Crippen molar-refractivity contribution in [2.75, 3.05) is 0 Å². The average Bonchev–Trinajstić information content (AvgIpc) is 1.96. The number of halogens is 1. The van der Waals surface area contributed by atoms with Crippen LogP contribution in [0.4, 0.5) is 0 Å². The second-order valence-corrected chi connectivity index (χ2v) is 4.87. The van der Waals surface area contributed by atoms with Gasteiger partial charge < -0.3 is 5.11 Å². The van der Waals surface area contributed by atoms with Crippen LogP contribution in [0.5, 0.6) is 0 Å². The molecule has 10 heavy (non-hydrogen) atoms. The number of rotatable bonds is 0. The van der Waals surface area contributed by atoms with Crippen LogP contribution in [-0.4, -0.2) is 14.6 Å². The maximum atomic E-state index is 9.12. The van der Waals surface area contributed by atoms with Crippen molar-refractivity contribution in [1.29, 1.82) is 5.26 Å². The summed E-state index contributed by atoms with van der Waals surface area (Å²) in [6.07, 6.45) is 3.10. The summed E-state index contributed by atoms with van der Waals surface area (Å²) in [5, 5.41) is 17.8. The molecule has 1 fully saturated rings. The summed E-state index contributed by atoms with van der Waals surface area (Å²) < 4.78 is -0.184. The molecule has 0 saturated heterocycles. The molecule has 0 amide bonds. The molecule has 0 atom stereocenters. The van der Waals surface area contributed by atoms with Crippen molar-refractivity contribution in [3.63, 3.8) is 0 Å². The quantitative estimate of drug-likeness (QED) is 0.525. The minimum absolute atomic E-state index is 0.156. The Labute approximate surface area is 74.4 Å². The van der Waals surface area contributed by atoms with E-state index in [1.807, 2.05) is 0 Å². The molecule has 1 N–H and O–H groups in total. The van der Waals surface area contributed by atoms with Gasteiger partial charge in [-0.05, 0) is 25.7 Å². The van der Waals surface area contributed by atoms with Gasteiger partial charge in [-0.1, -0.05) is 22.6 Å². The van der Waals surface area contributed by atoms with Crippen LogP contribution in [0.15, 0.2) is 0 Å². The van der Waals surface area contributed by atoms with Crippen LogP contribution in [0.2, 0.25) is 0 Å². The number of hydrogen-bond donors (Lipinski definition) is 1. The number of alkyl halides is 1. The first-order chi connectivity index (χ1) is 4.66. The van der Waals surface area contributed by atoms with Crippen molar-refractivity contribution >= 4 is 22.6 Å². The van der Waals surface area contributed by atoms with Crippen LogP contribution in [0, 0.1) is 11.3 Å². The first-order valence-corrected chi connectivity index (χ1v) is 4.52. The van der Waals surface area contributed by atoms with Crippen molar-refractivity contribution < 1.29 is 5.11 Å². The number of nitriles is 1. The minimum Gasteiger partial charge on any atom is -0.393 e. The van der Waals surface area contributed by atoms with Crippen LogP contribution < -0.4 is 0 Å². The fourth-order valence-electron chi connectivity index (χ4n) is 1.17. The zero-order chi connectivity index (χ0) is 7.61. The lowest BCUT2D eigenvalue weighted by Crippen LogP contribution is -2.28. The molecule has 0 heterocycles. The van der Waals surface area contributed by atoms with Gasteiger partial charge in [-0.2, -0.15) is 5.26 Å². The summed E-state index contributed by atoms with van der Waals surface area (Å²) in [5.74, 6) is 0. The van der Waals surface area contributed by atoms with E-state index < -0.39 is 0 Å². The van der Waals surface area contributed by atoms with Crippen molar-refractivity contribution in [2.45, 2.75) is 35.2 Å². The Hall–Kier alpha value is 0.180. The first-order valence-electron chi connectivity index (χ1n) is 3.44. The minimum atomic E-state index is -0.184. The standard InChI is InChI=1S/C7H10INO/c8-7(5-9)3-1-6(10)2-4-7/h6,10H,1-4H2. The molecule has 0 aromatic heterocycles. The van der Waals surface area contributed by atoms with E-state index in [4.69, 9.17) is 10.4 Å². The Kier molecular flexibility index (Phi) is 2.53. The van der Waals surface area contributed by atoms with E-state index in [0.717, 1.165) is 25.7 Å². The monoisotopic (exact) mass is 251 g/mol. The maximum absolute atomic E-state index is 9.12. The summed E-state index contributed by atoms with van der Waals surface area (Å²) in [6, 6.07) is 2.28. The molecule has 0 aromatic carbocycles. The molecule has 0 bridgehead atoms. The Balaban J connectivity index is 2.48. The normalized spacial score (nSPS) is 40.7. The fourth-order valence-corrected chi connectivity index (χ4v) is 1.79. The molecule has 0 aliphatic heterocycles. The molecule has 1 rings (SSSR count). The van der Waals surface area contributed by atoms with Gasteiger partial charge in [-0.3, -0.25) is 0 Å². The second kappa shape index (κ2) is 3.05. The highest BCUT2D eigenvalue weighted by molar-refractivity contribution is 14.1. The Morgan fingerprint density at radius 3 is 2.40 bits per heavy atom. The van der Waals surface area contributed by atoms with Crippen LogP contribution in [0.3, 0.4) is 0 Å². The van der Waals surface area contributed by atoms with Crippen LogP contribution in [0.25, 0.3) is 0 Å². The molecule has 1 aliphatic rings. The number of nitrogens with zero attached hydrogens (tertiary/aromatic N) is 1. The predicted molar refractivity (Wildman–Crippen MR) is 46.8 cm³/mol. The third-order valence-corrected chi connectivity index (χ3v) is 3.27. The summed E-state index contributed by atoms with van der Waals surface area (Å²) in [7, 11) is 0. The van der Waals surface area contributed by atoms with Gasteiger partial charge in [-0.15, -0.1) is 0 Å². The van der Waals surface area contributed by atoms with E-state index in [1.165, 1.54) is 0 Å². The highest BCUT2D eigenvalue weighted by Crippen LogP contribution is 2.35. The zero-order valence-corrected chi connectivity index (χ0v) is 7.84. The van der Waals surface area contributed by atoms with E-state index in [0.29, 0.717) is 0 Å². The first kappa shape index (κ1) is 8.28. The van der Waals surface area contributed by atoms with Crippen LogP contribution >= 0.6 is 22.6 Å². The molecule has 1 aliphatic carbocycles. The molecule has 56 valence electrons. The van der Waals surface area contributed by atoms with E-state index in [9.17, 15) is 0 Å². The third kappa shape index (κ3) is 1.83. The molecule has 1 saturated carbocycles. The van der Waals surface area contributed by atoms with Crippen LogP contribution in [0.1, 0.15) is 25.7 Å². The van der Waals surface area contributed by atoms with Gasteiger partial charge >= 0.3 is 0 Å². The topological polar surface area (TPSA) is 44.0 Å². The van der Waals surface area contributed by atoms with E-state index in [-0.39, 0.29) is 9.53 Å². The molecule has 3 heteroatoms. The van der Waals surface area contributed by atoms with Gasteiger partial charge in [0.1, 0.15) is 3.42 Å². The van der Waals surface area contributed by atoms with E-state index in [1.54, 1.807) is 0 Å². The lowest BCUT2D eigenvalue weighted by atomic mass is 9.88. The van der Waals surface area contributed by atoms with Crippen LogP contribution in [-0.2, 0) is 0 Å². The van der Waals surface area contributed by atoms with Gasteiger partial charge in [0, 0.05) is 0 Å². The lowest BCUT2D eigenvalue weighted by Gasteiger charge is -2.27. The van der Waals surface area contributed by atoms with Gasteiger partial charge in [0.2, 0.25) is 0 Å². The Morgan fingerprint density at radius 2 is 2.00 bits per heavy atom. The maximum Gasteiger partial charge on any atom is 0.109 e. The molecule has 0 unspecified atom stereocenters. The molecule has 0 spiro atoms. The van der Waals surface area contributed by atoms with E-state index >= 15 is 0 Å². The molecule has 0 aromatic rings. The van der Waals surface area contributed by atoms with Gasteiger partial charge in [0.05, 0.1) is 12.2 Å². The predicted octanol–water partition coefficient (Wildman–Crippen LogP) is 1.62. The molecular weight excluding hydrogens is 241 g/mol. The van der Waals surface area contributed by atoms with E-state index in [2.05, 4.69) is 28.7 Å². The largest absolute Gasteiger partial charge is 0.393 e. The van der Waals surface area contributed by atoms with Crippen molar-refractivity contribution in [1.82, 2.24) is 0 Å². The van der Waals surface area contributed by atoms with Gasteiger partial charge in [0.15, 0.2) is 0 Å². The second-order valence-electron chi connectivity index (χ2n) is 2.81. The number of aliphatic hydroxyl groups excluding tert-OH is 1. The highest BCUT2D eigenvalue weighted by atomic mass is 127. The summed E-state index contributed by atoms with van der Waals surface area (Å²) in [6.45, 7) is 0. The number of hydrogen-bond acceptors (Lipinski definition) is 2. The lowest BCUT2D eigenvalue weighted by molar-refractivity contribution is 0.127. The Morgan fingerprint density at radius 1 is 1.50 bits per heavy atom. The van der Waals surface area contributed by atoms with Crippen molar-refractivity contribution in [3.8, 4) is 6.07 Å².